The predicted octanol–water partition coefficient (Wildman–Crippen LogP) is -7.08. The summed E-state index contributed by atoms with van der Waals surface area (Å²) >= 11 is 0. The van der Waals surface area contributed by atoms with Crippen LogP contribution in [0.5, 0.6) is 0 Å². The van der Waals surface area contributed by atoms with Gasteiger partial charge in [-0.2, -0.15) is 0 Å². The number of unbranched alkanes of at least 4 members (excludes halogenated alkanes) is 4. The maximum Gasteiger partial charge on any atom is 0.268 e. The Morgan fingerprint density at radius 1 is 0.607 bits per heavy atom. The number of imidazole rings is 1. The van der Waals surface area contributed by atoms with Crippen LogP contribution in [0.4, 0.5) is 0 Å². The number of guanidine groups is 1. The maximum absolute atomic E-state index is 14.5. The van der Waals surface area contributed by atoms with Gasteiger partial charge >= 0.3 is 0 Å². The summed E-state index contributed by atoms with van der Waals surface area (Å²) in [5.74, 6) is -7.20. The van der Waals surface area contributed by atoms with Gasteiger partial charge in [-0.1, -0.05) is 12.5 Å². The molecule has 1 saturated heterocycles. The number of amides is 10. The van der Waals surface area contributed by atoms with Gasteiger partial charge in [0.15, 0.2) is 5.96 Å². The topological polar surface area (TPSA) is 557 Å². The lowest BCUT2D eigenvalue weighted by molar-refractivity contribution is -0.142. The highest BCUT2D eigenvalue weighted by molar-refractivity contribution is 6.02. The van der Waals surface area contributed by atoms with Crippen molar-refractivity contribution in [1.82, 2.24) is 62.7 Å². The molecule has 1 fully saturated rings. The first-order chi connectivity index (χ1) is 40.3. The van der Waals surface area contributed by atoms with Gasteiger partial charge in [0.25, 0.3) is 5.91 Å². The molecule has 2 heterocycles. The Morgan fingerprint density at radius 3 is 1.81 bits per heavy atom. The van der Waals surface area contributed by atoms with Crippen molar-refractivity contribution in [3.63, 3.8) is 0 Å². The van der Waals surface area contributed by atoms with Crippen LogP contribution in [0.25, 0.3) is 0 Å². The Morgan fingerprint density at radius 2 is 1.19 bits per heavy atom. The van der Waals surface area contributed by atoms with E-state index in [9.17, 15) is 47.9 Å². The number of hydrogen-bond acceptors (Lipinski definition) is 19. The molecule has 0 unspecified atom stereocenters. The second-order valence-corrected chi connectivity index (χ2v) is 20.3. The largest absolute Gasteiger partial charge is 0.370 e. The lowest BCUT2D eigenvalue weighted by Gasteiger charge is -2.30. The minimum absolute atomic E-state index is 0.0366. The first kappa shape index (κ1) is 72.7. The number of aromatic nitrogens is 2. The maximum atomic E-state index is 14.5. The zero-order chi connectivity index (χ0) is 62.2. The molecular weight excluding hydrogens is 1090 g/mol. The second-order valence-electron chi connectivity index (χ2n) is 20.3. The summed E-state index contributed by atoms with van der Waals surface area (Å²) in [6.45, 7) is 0.995. The van der Waals surface area contributed by atoms with Crippen molar-refractivity contribution in [3.8, 4) is 0 Å². The molecule has 0 bridgehead atoms. The molecule has 1 aromatic heterocycles. The van der Waals surface area contributed by atoms with E-state index >= 15 is 0 Å². The summed E-state index contributed by atoms with van der Waals surface area (Å²) in [5, 5.41) is 23.6. The molecule has 1 aliphatic heterocycles. The van der Waals surface area contributed by atoms with Gasteiger partial charge in [-0.3, -0.25) is 52.9 Å². The smallest absolute Gasteiger partial charge is 0.268 e. The summed E-state index contributed by atoms with van der Waals surface area (Å²) in [5.41, 5.74) is 51.3. The Labute approximate surface area is 490 Å². The van der Waals surface area contributed by atoms with Crippen molar-refractivity contribution in [1.29, 1.82) is 0 Å². The van der Waals surface area contributed by atoms with Crippen molar-refractivity contribution >= 4 is 65.0 Å². The van der Waals surface area contributed by atoms with Crippen molar-refractivity contribution in [2.24, 2.45) is 56.6 Å². The van der Waals surface area contributed by atoms with Crippen molar-refractivity contribution in [2.75, 3.05) is 72.0 Å². The number of hydrogen-bond donors (Lipinski definition) is 19. The van der Waals surface area contributed by atoms with Crippen LogP contribution < -0.4 is 99.5 Å². The van der Waals surface area contributed by atoms with Crippen molar-refractivity contribution in [2.45, 2.75) is 158 Å². The van der Waals surface area contributed by atoms with E-state index in [1.54, 1.807) is 0 Å². The zero-order valence-electron chi connectivity index (χ0n) is 48.4. The van der Waals surface area contributed by atoms with Crippen molar-refractivity contribution in [3.05, 3.63) is 30.0 Å². The molecule has 474 valence electrons. The summed E-state index contributed by atoms with van der Waals surface area (Å²) in [7, 11) is 0. The van der Waals surface area contributed by atoms with E-state index in [0.29, 0.717) is 96.1 Å². The monoisotopic (exact) mass is 1190 g/mol. The number of carbonyl (C=O) groups is 10. The van der Waals surface area contributed by atoms with Gasteiger partial charge in [-0.05, 0) is 142 Å². The van der Waals surface area contributed by atoms with E-state index in [2.05, 4.69) is 62.8 Å². The Kier molecular flexibility index (Phi) is 36.8. The number of carbonyl (C=O) groups excluding carboxylic acids is 10. The van der Waals surface area contributed by atoms with Gasteiger partial charge in [0.2, 0.25) is 53.2 Å². The molecule has 84 heavy (non-hydrogen) atoms. The molecule has 7 atom stereocenters. The fraction of sp³-hybridized carbons (Fsp3) is 0.692. The van der Waals surface area contributed by atoms with Gasteiger partial charge in [0, 0.05) is 37.9 Å². The number of nitrogens with two attached hydrogens (primary N) is 9. The molecule has 0 spiro atoms. The molecular formula is C52H96N22O10. The number of H-pyrrole nitrogens is 1. The third-order valence-electron chi connectivity index (χ3n) is 13.4. The van der Waals surface area contributed by atoms with Crippen LogP contribution >= 0.6 is 0 Å². The second kappa shape index (κ2) is 42.4. The molecule has 0 aliphatic carbocycles. The van der Waals surface area contributed by atoms with Crippen LogP contribution in [0.1, 0.15) is 115 Å². The molecule has 28 N–H and O–H groups in total. The third kappa shape index (κ3) is 28.8. The average Bonchev–Trinajstić information content (AvgIpc) is 4.15. The van der Waals surface area contributed by atoms with Crippen LogP contribution in [0, 0.1) is 0 Å². The summed E-state index contributed by atoms with van der Waals surface area (Å²) in [4.78, 5) is 149. The highest BCUT2D eigenvalue weighted by atomic mass is 16.2. The minimum Gasteiger partial charge on any atom is -0.370 e. The van der Waals surface area contributed by atoms with Crippen LogP contribution in [-0.4, -0.2) is 194 Å². The summed E-state index contributed by atoms with van der Waals surface area (Å²) in [6, 6.07) is -7.94. The van der Waals surface area contributed by atoms with E-state index < -0.39 is 114 Å². The molecule has 2 rings (SSSR count). The lowest BCUT2D eigenvalue weighted by atomic mass is 10.0. The molecule has 32 nitrogen and oxygen atoms in total. The first-order valence-electron chi connectivity index (χ1n) is 29.0. The Hall–Kier alpha value is -7.36. The van der Waals surface area contributed by atoms with Crippen LogP contribution in [-0.2, 0) is 54.4 Å². The molecule has 10 amide bonds. The van der Waals surface area contributed by atoms with Gasteiger partial charge in [0.1, 0.15) is 41.9 Å². The molecule has 1 aliphatic rings. The fourth-order valence-electron chi connectivity index (χ4n) is 8.77. The molecule has 1 aromatic rings. The quantitative estimate of drug-likeness (QED) is 0.0125. The minimum atomic E-state index is -1.36. The standard InChI is InChI=1S/C52H96N22O10/c53-19-4-1-12-34(59)44(77)69-38(18-24-58)46(79)66-30-42(75)65-31-43(76)68-39(15-9-23-57)51(84)74-27-11-17-41(74)50(83)73-40(28-33-29-62-32-67-33)49(82)72-36(14-3-6-21-55)47(80)71-37(16-10-26-64-52(60)61)48(81)70-35(13-2-5-20-54)45(78)63-25-8-7-22-56/h16,29,32,34-36,38-41H,1-15,17-28,30-31,53-59H2,(H,62,67)(H,63,78)(H,65,75)(H,66,79)(H,68,76)(H,69,77)(H,70,81)(H,71,80)(H,72,82)(H,73,83)(H4,60,61,64)/b37-16-/t34-,35-,36-,38-,39+,40-,41-/m0/s1. The SMILES string of the molecule is NCCCCNC(=O)[C@H](CCCCN)NC(=O)/C(=C/CCN=C(N)N)NC(=O)[C@H](CCCCN)NC(=O)[C@H](Cc1cnc[nH]1)NC(=O)[C@@H]1CCCN1C(=O)[C@@H](CCCN)NC(=O)CNC(=O)CNC(=O)[C@H](CCN)NC(=O)[C@@H](N)CCCCN. The molecule has 32 heteroatoms. The summed E-state index contributed by atoms with van der Waals surface area (Å²) in [6.07, 6.45) is 10.2. The molecule has 0 aromatic carbocycles. The van der Waals surface area contributed by atoms with Gasteiger partial charge in [0.05, 0.1) is 25.5 Å². The fourth-order valence-corrected chi connectivity index (χ4v) is 8.77. The number of aromatic amines is 1. The van der Waals surface area contributed by atoms with Gasteiger partial charge in [-0.25, -0.2) is 4.98 Å². The first-order valence-corrected chi connectivity index (χ1v) is 29.0. The van der Waals surface area contributed by atoms with E-state index in [1.807, 2.05) is 0 Å². The van der Waals surface area contributed by atoms with Crippen molar-refractivity contribution < 1.29 is 47.9 Å². The average molecular weight is 1190 g/mol. The Bertz CT molecular complexity index is 2270. The van der Waals surface area contributed by atoms with E-state index in [-0.39, 0.29) is 95.7 Å². The van der Waals surface area contributed by atoms with Crippen LogP contribution in [0.3, 0.4) is 0 Å². The number of nitrogens with zero attached hydrogens (tertiary/aromatic N) is 3. The van der Waals surface area contributed by atoms with E-state index in [4.69, 9.17) is 51.6 Å². The number of nitrogens with one attached hydrogen (secondary N) is 10. The van der Waals surface area contributed by atoms with Crippen LogP contribution in [0.15, 0.2) is 29.3 Å². The number of rotatable bonds is 44. The van der Waals surface area contributed by atoms with Crippen LogP contribution in [0.2, 0.25) is 0 Å². The highest BCUT2D eigenvalue weighted by Gasteiger charge is 2.39. The summed E-state index contributed by atoms with van der Waals surface area (Å²) < 4.78 is 0. The molecule has 0 radical (unpaired) electrons. The molecule has 0 saturated carbocycles. The normalized spacial score (nSPS) is 15.2. The van der Waals surface area contributed by atoms with E-state index in [0.717, 1.165) is 0 Å². The lowest BCUT2D eigenvalue weighted by Crippen LogP contribution is -2.58. The van der Waals surface area contributed by atoms with Gasteiger partial charge < -0.3 is 109 Å². The number of aliphatic imine (C=N–C) groups is 1. The predicted molar refractivity (Wildman–Crippen MR) is 314 cm³/mol. The van der Waals surface area contributed by atoms with Gasteiger partial charge in [-0.15, -0.1) is 0 Å². The Balaban J connectivity index is 2.30. The van der Waals surface area contributed by atoms with E-state index in [1.165, 1.54) is 23.5 Å². The highest BCUT2D eigenvalue weighted by Crippen LogP contribution is 2.21. The third-order valence-corrected chi connectivity index (χ3v) is 13.4. The zero-order valence-corrected chi connectivity index (χ0v) is 48.4. The number of likely N-dealkylation sites (tertiary alicyclic amines) is 1.